The number of sulfone groups is 1. The van der Waals surface area contributed by atoms with Crippen LogP contribution in [0.25, 0.3) is 9.53 Å². The SMILES string of the molecule is CCOC(=O)c1sc2nc(NC(=O)c3cccc(S(C)(=O)=O)c3)sc2c1C. The molecule has 0 atom stereocenters. The molecule has 0 radical (unpaired) electrons. The Morgan fingerprint density at radius 3 is 2.63 bits per heavy atom. The van der Waals surface area contributed by atoms with Crippen molar-refractivity contribution in [2.45, 2.75) is 18.7 Å². The molecule has 142 valence electrons. The highest BCUT2D eigenvalue weighted by Crippen LogP contribution is 2.37. The molecular formula is C17H16N2O5S3. The van der Waals surface area contributed by atoms with Crippen LogP contribution >= 0.6 is 22.7 Å². The van der Waals surface area contributed by atoms with E-state index in [0.717, 1.165) is 16.5 Å². The van der Waals surface area contributed by atoms with Crippen LogP contribution < -0.4 is 5.32 Å². The van der Waals surface area contributed by atoms with Gasteiger partial charge in [-0.15, -0.1) is 11.3 Å². The molecule has 0 aliphatic rings. The van der Waals surface area contributed by atoms with Crippen LogP contribution in [0.15, 0.2) is 29.2 Å². The zero-order valence-electron chi connectivity index (χ0n) is 14.7. The molecule has 3 aromatic rings. The van der Waals surface area contributed by atoms with Gasteiger partial charge in [-0.2, -0.15) is 0 Å². The molecule has 10 heteroatoms. The largest absolute Gasteiger partial charge is 0.462 e. The maximum Gasteiger partial charge on any atom is 0.348 e. The third kappa shape index (κ3) is 4.02. The number of nitrogens with one attached hydrogen (secondary N) is 1. The molecule has 2 aromatic heterocycles. The summed E-state index contributed by atoms with van der Waals surface area (Å²) in [5.41, 5.74) is 0.992. The van der Waals surface area contributed by atoms with Gasteiger partial charge in [-0.05, 0) is 37.6 Å². The smallest absolute Gasteiger partial charge is 0.348 e. The summed E-state index contributed by atoms with van der Waals surface area (Å²) in [6, 6.07) is 5.81. The Hall–Kier alpha value is -2.30. The number of aryl methyl sites for hydroxylation is 1. The Kier molecular flexibility index (Phi) is 5.31. The topological polar surface area (TPSA) is 102 Å². The van der Waals surface area contributed by atoms with E-state index in [1.165, 1.54) is 46.9 Å². The maximum atomic E-state index is 12.4. The van der Waals surface area contributed by atoms with Crippen LogP contribution in [-0.2, 0) is 14.6 Å². The number of carbonyl (C=O) groups excluding carboxylic acids is 2. The summed E-state index contributed by atoms with van der Waals surface area (Å²) in [7, 11) is -3.40. The van der Waals surface area contributed by atoms with Gasteiger partial charge in [0.15, 0.2) is 15.0 Å². The molecule has 7 nitrogen and oxygen atoms in total. The first-order valence-electron chi connectivity index (χ1n) is 7.89. The summed E-state index contributed by atoms with van der Waals surface area (Å²) < 4.78 is 29.1. The normalized spacial score (nSPS) is 11.5. The second-order valence-corrected chi connectivity index (χ2v) is 9.70. The Morgan fingerprint density at radius 1 is 1.26 bits per heavy atom. The van der Waals surface area contributed by atoms with Gasteiger partial charge < -0.3 is 4.74 Å². The lowest BCUT2D eigenvalue weighted by Crippen LogP contribution is -2.12. The lowest BCUT2D eigenvalue weighted by molar-refractivity contribution is 0.0531. The number of amides is 1. The monoisotopic (exact) mass is 424 g/mol. The molecule has 0 spiro atoms. The number of aromatic nitrogens is 1. The van der Waals surface area contributed by atoms with Gasteiger partial charge in [0.25, 0.3) is 5.91 Å². The van der Waals surface area contributed by atoms with Crippen molar-refractivity contribution in [1.29, 1.82) is 0 Å². The number of ether oxygens (including phenoxy) is 1. The van der Waals surface area contributed by atoms with E-state index in [1.54, 1.807) is 6.92 Å². The number of esters is 1. The number of fused-ring (bicyclic) bond motifs is 1. The summed E-state index contributed by atoms with van der Waals surface area (Å²) in [6.07, 6.45) is 1.09. The fraction of sp³-hybridized carbons (Fsp3) is 0.235. The molecule has 27 heavy (non-hydrogen) atoms. The standard InChI is InChI=1S/C17H16N2O5S3/c1-4-24-16(21)13-9(2)12-15(25-13)19-17(26-12)18-14(20)10-6-5-7-11(8-10)27(3,22)23/h5-8H,4H2,1-3H3,(H,18,19,20). The Labute approximate surface area is 163 Å². The van der Waals surface area contributed by atoms with Gasteiger partial charge in [-0.1, -0.05) is 17.4 Å². The van der Waals surface area contributed by atoms with E-state index >= 15 is 0 Å². The molecule has 0 bridgehead atoms. The molecule has 1 N–H and O–H groups in total. The molecule has 1 aromatic carbocycles. The fourth-order valence-electron chi connectivity index (χ4n) is 2.37. The second kappa shape index (κ2) is 7.37. The van der Waals surface area contributed by atoms with Crippen molar-refractivity contribution in [2.75, 3.05) is 18.2 Å². The summed E-state index contributed by atoms with van der Waals surface area (Å²) >= 11 is 2.47. The van der Waals surface area contributed by atoms with E-state index in [2.05, 4.69) is 10.3 Å². The highest BCUT2D eigenvalue weighted by Gasteiger charge is 2.21. The number of carbonyl (C=O) groups is 2. The number of nitrogens with zero attached hydrogens (tertiary/aromatic N) is 1. The van der Waals surface area contributed by atoms with Crippen LogP contribution in [0.4, 0.5) is 5.13 Å². The summed E-state index contributed by atoms with van der Waals surface area (Å²) in [4.78, 5) is 29.9. The summed E-state index contributed by atoms with van der Waals surface area (Å²) in [5, 5.41) is 3.06. The van der Waals surface area contributed by atoms with Crippen molar-refractivity contribution in [1.82, 2.24) is 4.98 Å². The molecule has 0 unspecified atom stereocenters. The van der Waals surface area contributed by atoms with E-state index in [4.69, 9.17) is 4.74 Å². The quantitative estimate of drug-likeness (QED) is 0.629. The van der Waals surface area contributed by atoms with Gasteiger partial charge in [0, 0.05) is 11.8 Å². The van der Waals surface area contributed by atoms with Crippen LogP contribution in [0.1, 0.15) is 32.5 Å². The average Bonchev–Trinajstić information content (AvgIpc) is 3.13. The first-order valence-corrected chi connectivity index (χ1v) is 11.4. The van der Waals surface area contributed by atoms with Crippen LogP contribution in [0.2, 0.25) is 0 Å². The van der Waals surface area contributed by atoms with Gasteiger partial charge in [0.05, 0.1) is 16.2 Å². The zero-order chi connectivity index (χ0) is 19.8. The molecule has 3 rings (SSSR count). The molecule has 0 fully saturated rings. The molecular weight excluding hydrogens is 408 g/mol. The minimum Gasteiger partial charge on any atom is -0.462 e. The minimum absolute atomic E-state index is 0.0743. The van der Waals surface area contributed by atoms with Crippen molar-refractivity contribution in [2.24, 2.45) is 0 Å². The van der Waals surface area contributed by atoms with Crippen molar-refractivity contribution >= 4 is 59.0 Å². The third-order valence-electron chi connectivity index (χ3n) is 3.68. The van der Waals surface area contributed by atoms with Crippen LogP contribution in [-0.4, -0.2) is 38.1 Å². The van der Waals surface area contributed by atoms with Gasteiger partial charge in [-0.25, -0.2) is 18.2 Å². The first-order chi connectivity index (χ1) is 12.7. The van der Waals surface area contributed by atoms with E-state index in [1.807, 2.05) is 6.92 Å². The number of anilines is 1. The number of thiophene rings is 1. The second-order valence-electron chi connectivity index (χ2n) is 5.68. The number of hydrogen-bond acceptors (Lipinski definition) is 8. The fourth-order valence-corrected chi connectivity index (χ4v) is 5.25. The number of hydrogen-bond donors (Lipinski definition) is 1. The Balaban J connectivity index is 1.85. The van der Waals surface area contributed by atoms with Gasteiger partial charge in [-0.3, -0.25) is 10.1 Å². The number of rotatable bonds is 5. The van der Waals surface area contributed by atoms with Gasteiger partial charge >= 0.3 is 5.97 Å². The molecule has 1 amide bonds. The molecule has 0 saturated heterocycles. The minimum atomic E-state index is -3.40. The summed E-state index contributed by atoms with van der Waals surface area (Å²) in [5.74, 6) is -0.835. The zero-order valence-corrected chi connectivity index (χ0v) is 17.2. The van der Waals surface area contributed by atoms with E-state index < -0.39 is 15.7 Å². The molecule has 0 aliphatic heterocycles. The lowest BCUT2D eigenvalue weighted by Gasteiger charge is -2.04. The van der Waals surface area contributed by atoms with Gasteiger partial charge in [0.2, 0.25) is 0 Å². The van der Waals surface area contributed by atoms with Gasteiger partial charge in [0.1, 0.15) is 9.71 Å². The molecule has 0 saturated carbocycles. The predicted octanol–water partition coefficient (Wildman–Crippen LogP) is 3.50. The van der Waals surface area contributed by atoms with Crippen LogP contribution in [0, 0.1) is 6.92 Å². The van der Waals surface area contributed by atoms with E-state index in [9.17, 15) is 18.0 Å². The number of benzene rings is 1. The molecule has 2 heterocycles. The maximum absolute atomic E-state index is 12.4. The Morgan fingerprint density at radius 2 is 2.00 bits per heavy atom. The lowest BCUT2D eigenvalue weighted by atomic mass is 10.2. The molecule has 0 aliphatic carbocycles. The first kappa shape index (κ1) is 19.5. The van der Waals surface area contributed by atoms with Crippen LogP contribution in [0.3, 0.4) is 0 Å². The third-order valence-corrected chi connectivity index (χ3v) is 7.18. The average molecular weight is 425 g/mol. The number of thiazole rings is 1. The van der Waals surface area contributed by atoms with E-state index in [0.29, 0.717) is 21.4 Å². The Bertz CT molecular complexity index is 1140. The van der Waals surface area contributed by atoms with Crippen molar-refractivity contribution in [3.63, 3.8) is 0 Å². The van der Waals surface area contributed by atoms with Crippen molar-refractivity contribution in [3.05, 3.63) is 40.3 Å². The summed E-state index contributed by atoms with van der Waals surface area (Å²) in [6.45, 7) is 3.85. The highest BCUT2D eigenvalue weighted by molar-refractivity contribution is 7.90. The van der Waals surface area contributed by atoms with Crippen LogP contribution in [0.5, 0.6) is 0 Å². The highest BCUT2D eigenvalue weighted by atomic mass is 32.2. The van der Waals surface area contributed by atoms with E-state index in [-0.39, 0.29) is 16.4 Å². The van der Waals surface area contributed by atoms with Crippen molar-refractivity contribution < 1.29 is 22.7 Å². The predicted molar refractivity (Wildman–Crippen MR) is 106 cm³/mol. The van der Waals surface area contributed by atoms with Crippen molar-refractivity contribution in [3.8, 4) is 0 Å².